The van der Waals surface area contributed by atoms with Gasteiger partial charge in [0.2, 0.25) is 0 Å². The molecule has 4 aromatic rings. The molecule has 0 amide bonds. The van der Waals surface area contributed by atoms with Crippen molar-refractivity contribution in [2.45, 2.75) is 26.6 Å². The molecule has 0 aliphatic rings. The average molecular weight is 513 g/mol. The van der Waals surface area contributed by atoms with Gasteiger partial charge in [-0.3, -0.25) is 13.9 Å². The van der Waals surface area contributed by atoms with Gasteiger partial charge in [-0.1, -0.05) is 28.1 Å². The van der Waals surface area contributed by atoms with Crippen molar-refractivity contribution in [2.75, 3.05) is 6.61 Å². The van der Waals surface area contributed by atoms with E-state index < -0.39 is 30.6 Å². The molecule has 0 spiro atoms. The fourth-order valence-electron chi connectivity index (χ4n) is 3.85. The lowest BCUT2D eigenvalue weighted by atomic mass is 10.1. The highest BCUT2D eigenvalue weighted by Crippen LogP contribution is 2.25. The maximum Gasteiger partial charge on any atom is 0.336 e. The third-order valence-corrected chi connectivity index (χ3v) is 6.05. The fraction of sp³-hybridized carbons (Fsp3) is 0.208. The van der Waals surface area contributed by atoms with Gasteiger partial charge in [-0.2, -0.15) is 5.10 Å². The summed E-state index contributed by atoms with van der Waals surface area (Å²) >= 11 is 3.41. The second-order valence-electron chi connectivity index (χ2n) is 7.69. The van der Waals surface area contributed by atoms with Gasteiger partial charge in [0.15, 0.2) is 0 Å². The maximum atomic E-state index is 13.6. The number of nitrogens with zero attached hydrogens (tertiary/aromatic N) is 4. The molecule has 0 unspecified atom stereocenters. The molecule has 0 aliphatic heterocycles. The fourth-order valence-corrected chi connectivity index (χ4v) is 4.12. The minimum atomic E-state index is -0.760. The lowest BCUT2D eigenvalue weighted by molar-refractivity contribution is 0.232. The first-order valence-corrected chi connectivity index (χ1v) is 11.1. The van der Waals surface area contributed by atoms with Crippen LogP contribution in [0.3, 0.4) is 0 Å². The summed E-state index contributed by atoms with van der Waals surface area (Å²) in [6.45, 7) is 2.19. The Kier molecular flexibility index (Phi) is 6.44. The summed E-state index contributed by atoms with van der Waals surface area (Å²) in [7, 11) is 0. The van der Waals surface area contributed by atoms with E-state index in [1.807, 2.05) is 24.3 Å². The summed E-state index contributed by atoms with van der Waals surface area (Å²) < 4.78 is 18.3. The van der Waals surface area contributed by atoms with Crippen molar-refractivity contribution in [3.05, 3.63) is 97.4 Å². The highest BCUT2D eigenvalue weighted by Gasteiger charge is 2.24. The molecule has 33 heavy (non-hydrogen) atoms. The Morgan fingerprint density at radius 3 is 2.48 bits per heavy atom. The Morgan fingerprint density at radius 2 is 1.82 bits per heavy atom. The van der Waals surface area contributed by atoms with Crippen LogP contribution < -0.4 is 11.2 Å². The van der Waals surface area contributed by atoms with Crippen LogP contribution in [0.25, 0.3) is 22.6 Å². The van der Waals surface area contributed by atoms with Crippen LogP contribution in [-0.2, 0) is 6.67 Å². The molecule has 0 fully saturated rings. The normalized spacial score (nSPS) is 12.2. The zero-order chi connectivity index (χ0) is 23.7. The van der Waals surface area contributed by atoms with Crippen LogP contribution in [0.2, 0.25) is 0 Å². The van der Waals surface area contributed by atoms with Gasteiger partial charge in [-0.25, -0.2) is 13.9 Å². The molecule has 2 aromatic carbocycles. The van der Waals surface area contributed by atoms with Crippen molar-refractivity contribution in [2.24, 2.45) is 0 Å². The van der Waals surface area contributed by atoms with Gasteiger partial charge in [-0.05, 0) is 61.9 Å². The Bertz CT molecular complexity index is 1420. The van der Waals surface area contributed by atoms with Crippen LogP contribution in [0, 0.1) is 6.92 Å². The summed E-state index contributed by atoms with van der Waals surface area (Å²) in [5.74, 6) is 0. The van der Waals surface area contributed by atoms with E-state index in [0.717, 1.165) is 14.7 Å². The Morgan fingerprint density at radius 1 is 1.09 bits per heavy atom. The van der Waals surface area contributed by atoms with Gasteiger partial charge in [0.1, 0.15) is 6.67 Å². The van der Waals surface area contributed by atoms with Crippen molar-refractivity contribution in [1.82, 2.24) is 18.9 Å². The Balaban J connectivity index is 2.07. The zero-order valence-electron chi connectivity index (χ0n) is 18.1. The number of hydrogen-bond donors (Lipinski definition) is 1. The highest BCUT2D eigenvalue weighted by molar-refractivity contribution is 9.10. The molecule has 1 atom stereocenters. The second kappa shape index (κ2) is 9.29. The third-order valence-electron chi connectivity index (χ3n) is 5.53. The largest absolute Gasteiger partial charge is 0.394 e. The number of hydrogen-bond acceptors (Lipinski definition) is 4. The quantitative estimate of drug-likeness (QED) is 0.424. The topological polar surface area (TPSA) is 82.1 Å². The van der Waals surface area contributed by atoms with Crippen molar-refractivity contribution < 1.29 is 9.50 Å². The molecule has 2 aromatic heterocycles. The molecule has 2 heterocycles. The maximum absolute atomic E-state index is 13.6. The van der Waals surface area contributed by atoms with Crippen molar-refractivity contribution in [3.63, 3.8) is 0 Å². The summed E-state index contributed by atoms with van der Waals surface area (Å²) in [5, 5.41) is 14.1. The number of aliphatic hydroxyl groups is 1. The van der Waals surface area contributed by atoms with E-state index in [1.54, 1.807) is 55.1 Å². The van der Waals surface area contributed by atoms with Crippen molar-refractivity contribution in [1.29, 1.82) is 0 Å². The Labute approximate surface area is 197 Å². The molecule has 0 saturated carbocycles. The van der Waals surface area contributed by atoms with Crippen LogP contribution in [0.1, 0.15) is 24.2 Å². The van der Waals surface area contributed by atoms with Gasteiger partial charge in [0, 0.05) is 10.2 Å². The van der Waals surface area contributed by atoms with Crippen molar-refractivity contribution >= 4 is 15.9 Å². The molecule has 0 aliphatic carbocycles. The van der Waals surface area contributed by atoms with E-state index in [9.17, 15) is 19.1 Å². The monoisotopic (exact) mass is 512 g/mol. The SMILES string of the molecule is Cc1c(-c2ccnn2-c2ccc(Br)cc2)c(=O)n([C@@H](C)CO)c(=O)n1-c1cccc(CF)c1. The predicted molar refractivity (Wildman–Crippen MR) is 128 cm³/mol. The number of aromatic nitrogens is 4. The van der Waals surface area contributed by atoms with Crippen LogP contribution in [0.5, 0.6) is 0 Å². The lowest BCUT2D eigenvalue weighted by Gasteiger charge is -2.20. The molecular weight excluding hydrogens is 491 g/mol. The van der Waals surface area contributed by atoms with E-state index >= 15 is 0 Å². The number of aliphatic hydroxyl groups excluding tert-OH is 1. The molecule has 170 valence electrons. The van der Waals surface area contributed by atoms with Crippen LogP contribution in [0.4, 0.5) is 4.39 Å². The van der Waals surface area contributed by atoms with Gasteiger partial charge in [-0.15, -0.1) is 0 Å². The number of alkyl halides is 1. The molecule has 4 rings (SSSR count). The van der Waals surface area contributed by atoms with Gasteiger partial charge in [0.25, 0.3) is 5.56 Å². The van der Waals surface area contributed by atoms with Crippen LogP contribution in [0.15, 0.2) is 74.9 Å². The number of halogens is 2. The minimum absolute atomic E-state index is 0.265. The molecule has 0 saturated heterocycles. The Hall–Kier alpha value is -3.30. The van der Waals surface area contributed by atoms with E-state index in [2.05, 4.69) is 21.0 Å². The van der Waals surface area contributed by atoms with E-state index in [1.165, 1.54) is 4.57 Å². The molecule has 9 heteroatoms. The number of benzene rings is 2. The average Bonchev–Trinajstić information content (AvgIpc) is 3.28. The first-order valence-electron chi connectivity index (χ1n) is 10.3. The standard InChI is InChI=1S/C24H22BrFN4O3/c1-15(14-31)28-23(32)22(21-10-11-27-30(21)19-8-6-18(25)7-9-19)16(2)29(24(28)33)20-5-3-4-17(12-20)13-26/h3-12,15,31H,13-14H2,1-2H3/t15-/m0/s1. The summed E-state index contributed by atoms with van der Waals surface area (Å²) in [6.07, 6.45) is 1.58. The van der Waals surface area contributed by atoms with Crippen LogP contribution >= 0.6 is 15.9 Å². The first-order chi connectivity index (χ1) is 15.9. The van der Waals surface area contributed by atoms with E-state index in [0.29, 0.717) is 22.6 Å². The summed E-state index contributed by atoms with van der Waals surface area (Å²) in [4.78, 5) is 27.0. The van der Waals surface area contributed by atoms with Gasteiger partial charge in [0.05, 0.1) is 41.5 Å². The second-order valence-corrected chi connectivity index (χ2v) is 8.61. The molecule has 7 nitrogen and oxygen atoms in total. The summed E-state index contributed by atoms with van der Waals surface area (Å²) in [5.41, 5.74) is 1.59. The van der Waals surface area contributed by atoms with Gasteiger partial charge >= 0.3 is 5.69 Å². The molecule has 0 radical (unpaired) electrons. The summed E-state index contributed by atoms with van der Waals surface area (Å²) in [6, 6.07) is 14.9. The first kappa shape index (κ1) is 22.9. The number of rotatable bonds is 6. The molecule has 1 N–H and O–H groups in total. The van der Waals surface area contributed by atoms with Crippen LogP contribution in [-0.4, -0.2) is 30.6 Å². The predicted octanol–water partition coefficient (Wildman–Crippen LogP) is 3.95. The minimum Gasteiger partial charge on any atom is -0.394 e. The smallest absolute Gasteiger partial charge is 0.336 e. The lowest BCUT2D eigenvalue weighted by Crippen LogP contribution is -2.44. The van der Waals surface area contributed by atoms with E-state index in [-0.39, 0.29) is 5.56 Å². The molecular formula is C24H22BrFN4O3. The van der Waals surface area contributed by atoms with E-state index in [4.69, 9.17) is 0 Å². The highest BCUT2D eigenvalue weighted by atomic mass is 79.9. The van der Waals surface area contributed by atoms with Crippen molar-refractivity contribution in [3.8, 4) is 22.6 Å². The molecule has 0 bridgehead atoms. The third kappa shape index (κ3) is 4.09. The van der Waals surface area contributed by atoms with Gasteiger partial charge < -0.3 is 5.11 Å². The zero-order valence-corrected chi connectivity index (χ0v) is 19.7.